The van der Waals surface area contributed by atoms with Gasteiger partial charge in [-0.3, -0.25) is 19.7 Å². The van der Waals surface area contributed by atoms with Crippen molar-refractivity contribution in [1.29, 1.82) is 0 Å². The third kappa shape index (κ3) is 3.94. The number of rotatable bonds is 6. The molecular weight excluding hydrogens is 464 g/mol. The van der Waals surface area contributed by atoms with Crippen LogP contribution in [0.4, 0.5) is 4.79 Å². The molecule has 1 atom stereocenters. The molecule has 10 heteroatoms. The Hall–Kier alpha value is -4.34. The van der Waals surface area contributed by atoms with Crippen molar-refractivity contribution in [3.8, 4) is 5.75 Å². The van der Waals surface area contributed by atoms with Gasteiger partial charge >= 0.3 is 6.03 Å². The average molecular weight is 491 g/mol. The van der Waals surface area contributed by atoms with Gasteiger partial charge in [0.2, 0.25) is 11.8 Å². The molecule has 0 aliphatic carbocycles. The van der Waals surface area contributed by atoms with E-state index in [-0.39, 0.29) is 24.9 Å². The van der Waals surface area contributed by atoms with Gasteiger partial charge in [0.25, 0.3) is 5.91 Å². The highest BCUT2D eigenvalue weighted by atomic mass is 16.5. The molecule has 2 aromatic carbocycles. The van der Waals surface area contributed by atoms with Gasteiger partial charge in [-0.25, -0.2) is 4.79 Å². The first-order valence-electron chi connectivity index (χ1n) is 11.5. The quantitative estimate of drug-likeness (QED) is 0.511. The third-order valence-corrected chi connectivity index (χ3v) is 6.71. The Morgan fingerprint density at radius 3 is 2.67 bits per heavy atom. The van der Waals surface area contributed by atoms with E-state index in [1.54, 1.807) is 43.3 Å². The van der Waals surface area contributed by atoms with Gasteiger partial charge in [-0.1, -0.05) is 12.1 Å². The Bertz CT molecular complexity index is 1410. The van der Waals surface area contributed by atoms with Gasteiger partial charge < -0.3 is 24.3 Å². The van der Waals surface area contributed by atoms with Gasteiger partial charge in [-0.05, 0) is 41.5 Å². The number of hydrogen-bond acceptors (Lipinski definition) is 6. The van der Waals surface area contributed by atoms with Crippen molar-refractivity contribution in [3.63, 3.8) is 0 Å². The van der Waals surface area contributed by atoms with E-state index in [0.717, 1.165) is 16.5 Å². The van der Waals surface area contributed by atoms with Crippen LogP contribution in [0.5, 0.6) is 5.75 Å². The minimum absolute atomic E-state index is 0.00796. The second-order valence-corrected chi connectivity index (χ2v) is 9.36. The summed E-state index contributed by atoms with van der Waals surface area (Å²) in [5.41, 5.74) is 1.39. The SMILES string of the molecule is COc1ccc2c(c1)C(=O)N(C[C@@]1(c3cc4cc(CNC(=O)N(C)C)ccc4o3)CC(=O)NC1=O)C2. The van der Waals surface area contributed by atoms with Gasteiger partial charge in [0, 0.05) is 44.7 Å². The molecular formula is C26H26N4O6. The number of ether oxygens (including phenoxy) is 1. The third-order valence-electron chi connectivity index (χ3n) is 6.71. The number of imide groups is 1. The number of carbonyl (C=O) groups excluding carboxylic acids is 4. The highest BCUT2D eigenvalue weighted by molar-refractivity contribution is 6.10. The van der Waals surface area contributed by atoms with Crippen molar-refractivity contribution in [2.24, 2.45) is 0 Å². The predicted molar refractivity (Wildman–Crippen MR) is 129 cm³/mol. The van der Waals surface area contributed by atoms with Crippen molar-refractivity contribution in [3.05, 3.63) is 64.9 Å². The van der Waals surface area contributed by atoms with Crippen LogP contribution in [0.1, 0.15) is 33.7 Å². The van der Waals surface area contributed by atoms with Crippen LogP contribution in [0.2, 0.25) is 0 Å². The Morgan fingerprint density at radius 2 is 1.97 bits per heavy atom. The number of amides is 5. The van der Waals surface area contributed by atoms with E-state index in [1.165, 1.54) is 12.0 Å². The van der Waals surface area contributed by atoms with Gasteiger partial charge in [-0.15, -0.1) is 0 Å². The van der Waals surface area contributed by atoms with Crippen molar-refractivity contribution in [1.82, 2.24) is 20.4 Å². The Balaban J connectivity index is 1.45. The first-order chi connectivity index (χ1) is 17.2. The molecule has 0 bridgehead atoms. The van der Waals surface area contributed by atoms with E-state index >= 15 is 0 Å². The lowest BCUT2D eigenvalue weighted by Crippen LogP contribution is -2.46. The van der Waals surface area contributed by atoms with Crippen LogP contribution in [0.15, 0.2) is 46.9 Å². The highest BCUT2D eigenvalue weighted by Crippen LogP contribution is 2.39. The molecule has 10 nitrogen and oxygen atoms in total. The zero-order valence-electron chi connectivity index (χ0n) is 20.2. The second-order valence-electron chi connectivity index (χ2n) is 9.36. The first kappa shape index (κ1) is 23.4. The molecule has 2 N–H and O–H groups in total. The summed E-state index contributed by atoms with van der Waals surface area (Å²) in [7, 11) is 4.86. The molecule has 0 spiro atoms. The highest BCUT2D eigenvalue weighted by Gasteiger charge is 2.53. The van der Waals surface area contributed by atoms with E-state index < -0.39 is 17.2 Å². The molecule has 0 saturated carbocycles. The molecule has 3 heterocycles. The topological polar surface area (TPSA) is 121 Å². The summed E-state index contributed by atoms with van der Waals surface area (Å²) < 4.78 is 11.3. The minimum atomic E-state index is -1.35. The van der Waals surface area contributed by atoms with E-state index in [4.69, 9.17) is 9.15 Å². The van der Waals surface area contributed by atoms with Crippen LogP contribution in [0, 0.1) is 0 Å². The van der Waals surface area contributed by atoms with E-state index in [1.807, 2.05) is 18.2 Å². The molecule has 5 amide bonds. The number of nitrogens with one attached hydrogen (secondary N) is 2. The summed E-state index contributed by atoms with van der Waals surface area (Å²) in [6.45, 7) is 0.630. The molecule has 3 aromatic rings. The van der Waals surface area contributed by atoms with Crippen LogP contribution in [0.3, 0.4) is 0 Å². The summed E-state index contributed by atoms with van der Waals surface area (Å²) >= 11 is 0. The first-order valence-corrected chi connectivity index (χ1v) is 11.5. The van der Waals surface area contributed by atoms with Gasteiger partial charge in [0.05, 0.1) is 13.5 Å². The lowest BCUT2D eigenvalue weighted by molar-refractivity contribution is -0.127. The van der Waals surface area contributed by atoms with E-state index in [0.29, 0.717) is 35.7 Å². The second kappa shape index (κ2) is 8.71. The molecule has 1 saturated heterocycles. The Morgan fingerprint density at radius 1 is 1.17 bits per heavy atom. The normalized spacial score (nSPS) is 19.0. The van der Waals surface area contributed by atoms with Crippen molar-refractivity contribution < 1.29 is 28.3 Å². The molecule has 2 aliphatic rings. The number of nitrogens with zero attached hydrogens (tertiary/aromatic N) is 2. The van der Waals surface area contributed by atoms with Crippen molar-refractivity contribution >= 4 is 34.7 Å². The maximum absolute atomic E-state index is 13.2. The number of furan rings is 1. The van der Waals surface area contributed by atoms with Crippen LogP contribution >= 0.6 is 0 Å². The summed E-state index contributed by atoms with van der Waals surface area (Å²) in [5.74, 6) is -0.255. The van der Waals surface area contributed by atoms with Gasteiger partial charge in [-0.2, -0.15) is 0 Å². The number of methoxy groups -OCH3 is 1. The van der Waals surface area contributed by atoms with Crippen LogP contribution in [0.25, 0.3) is 11.0 Å². The van der Waals surface area contributed by atoms with Crippen molar-refractivity contribution in [2.75, 3.05) is 27.7 Å². The zero-order valence-corrected chi connectivity index (χ0v) is 20.2. The van der Waals surface area contributed by atoms with E-state index in [2.05, 4.69) is 10.6 Å². The largest absolute Gasteiger partial charge is 0.497 e. The lowest BCUT2D eigenvalue weighted by Gasteiger charge is -2.28. The molecule has 1 aromatic heterocycles. The van der Waals surface area contributed by atoms with Gasteiger partial charge in [0.15, 0.2) is 0 Å². The number of fused-ring (bicyclic) bond motifs is 2. The summed E-state index contributed by atoms with van der Waals surface area (Å²) in [6.07, 6.45) is -0.124. The standard InChI is InChI=1S/C26H26N4O6/c1-29(2)25(34)27-12-15-4-7-20-17(8-15)9-21(36-20)26(11-22(31)28-24(26)33)14-30-13-16-5-6-18(35-3)10-19(16)23(30)32/h4-10H,11-14H2,1-3H3,(H,27,34)(H,28,31,33)/t26-/m1/s1. The fourth-order valence-electron chi connectivity index (χ4n) is 4.74. The minimum Gasteiger partial charge on any atom is -0.497 e. The summed E-state index contributed by atoms with van der Waals surface area (Å²) in [4.78, 5) is 53.6. The molecule has 2 aliphatic heterocycles. The lowest BCUT2D eigenvalue weighted by atomic mass is 9.82. The van der Waals surface area contributed by atoms with E-state index in [9.17, 15) is 19.2 Å². The van der Waals surface area contributed by atoms with Crippen molar-refractivity contribution in [2.45, 2.75) is 24.9 Å². The maximum Gasteiger partial charge on any atom is 0.317 e. The molecule has 186 valence electrons. The average Bonchev–Trinajstić information content (AvgIpc) is 3.50. The van der Waals surface area contributed by atoms with Crippen LogP contribution in [-0.2, 0) is 28.1 Å². The number of benzene rings is 2. The van der Waals surface area contributed by atoms with Gasteiger partial charge in [0.1, 0.15) is 22.5 Å². The molecule has 36 heavy (non-hydrogen) atoms. The zero-order chi connectivity index (χ0) is 25.6. The molecule has 5 rings (SSSR count). The maximum atomic E-state index is 13.2. The molecule has 0 unspecified atom stereocenters. The molecule has 1 fully saturated rings. The van der Waals surface area contributed by atoms with Crippen LogP contribution < -0.4 is 15.4 Å². The Labute approximate surface area is 207 Å². The summed E-state index contributed by atoms with van der Waals surface area (Å²) in [5, 5.41) is 5.93. The number of hydrogen-bond donors (Lipinski definition) is 2. The fourth-order valence-corrected chi connectivity index (χ4v) is 4.74. The fraction of sp³-hybridized carbons (Fsp3) is 0.308. The van der Waals surface area contributed by atoms with Crippen LogP contribution in [-0.4, -0.2) is 61.3 Å². The number of urea groups is 1. The smallest absolute Gasteiger partial charge is 0.317 e. The number of carbonyl (C=O) groups is 4. The monoisotopic (exact) mass is 490 g/mol. The Kier molecular flexibility index (Phi) is 5.66. The summed E-state index contributed by atoms with van der Waals surface area (Å²) in [6, 6.07) is 12.3. The molecule has 0 radical (unpaired) electrons. The predicted octanol–water partition coefficient (Wildman–Crippen LogP) is 2.15.